The number of hydrogen-bond acceptors (Lipinski definition) is 8. The lowest BCUT2D eigenvalue weighted by molar-refractivity contribution is -0.144. The number of methoxy groups -OCH3 is 1. The highest BCUT2D eigenvalue weighted by molar-refractivity contribution is 6.76. The molecule has 1 aromatic heterocycles. The van der Waals surface area contributed by atoms with Gasteiger partial charge in [0.25, 0.3) is 0 Å². The largest absolute Gasteiger partial charge is 0.469 e. The van der Waals surface area contributed by atoms with Crippen molar-refractivity contribution in [2.24, 2.45) is 0 Å². The molecule has 1 aliphatic rings. The molecule has 2 atom stereocenters. The molecule has 2 unspecified atom stereocenters. The molecule has 0 aliphatic carbocycles. The average molecular weight is 556 g/mol. The quantitative estimate of drug-likeness (QED) is 0.190. The zero-order chi connectivity index (χ0) is 28.6. The van der Waals surface area contributed by atoms with Gasteiger partial charge in [-0.15, -0.1) is 0 Å². The normalized spacial score (nSPS) is 18.1. The van der Waals surface area contributed by atoms with Crippen LogP contribution in [-0.2, 0) is 41.7 Å². The zero-order valence-electron chi connectivity index (χ0n) is 23.9. The summed E-state index contributed by atoms with van der Waals surface area (Å²) in [6, 6.07) is 5.92. The van der Waals surface area contributed by atoms with Crippen LogP contribution in [0.1, 0.15) is 44.0 Å². The Morgan fingerprint density at radius 3 is 2.56 bits per heavy atom. The highest BCUT2D eigenvalue weighted by Crippen LogP contribution is 2.33. The van der Waals surface area contributed by atoms with Gasteiger partial charge in [-0.25, -0.2) is 9.78 Å². The van der Waals surface area contributed by atoms with Gasteiger partial charge < -0.3 is 24.1 Å². The van der Waals surface area contributed by atoms with Crippen LogP contribution in [0.4, 0.5) is 5.69 Å². The number of rotatable bonds is 10. The van der Waals surface area contributed by atoms with Crippen molar-refractivity contribution >= 4 is 31.5 Å². The van der Waals surface area contributed by atoms with Crippen molar-refractivity contribution in [3.63, 3.8) is 0 Å². The number of carbonyl (C=O) groups excluding carboxylic acids is 3. The summed E-state index contributed by atoms with van der Waals surface area (Å²) in [4.78, 5) is 42.5. The van der Waals surface area contributed by atoms with Crippen LogP contribution in [-0.4, -0.2) is 61.7 Å². The number of nitrogens with one attached hydrogen (secondary N) is 1. The maximum absolute atomic E-state index is 12.8. The van der Waals surface area contributed by atoms with Gasteiger partial charge in [-0.2, -0.15) is 0 Å². The van der Waals surface area contributed by atoms with Crippen molar-refractivity contribution < 1.29 is 28.6 Å². The molecule has 9 nitrogen and oxygen atoms in total. The predicted octanol–water partition coefficient (Wildman–Crippen LogP) is 4.94. The summed E-state index contributed by atoms with van der Waals surface area (Å²) in [5, 5.41) is 3.33. The third-order valence-corrected chi connectivity index (χ3v) is 8.29. The first-order valence-electron chi connectivity index (χ1n) is 13.5. The van der Waals surface area contributed by atoms with Gasteiger partial charge in [-0.3, -0.25) is 9.59 Å². The van der Waals surface area contributed by atoms with Gasteiger partial charge in [0.05, 0.1) is 31.7 Å². The smallest absolute Gasteiger partial charge is 0.328 e. The minimum absolute atomic E-state index is 0.00549. The van der Waals surface area contributed by atoms with Gasteiger partial charge in [0.2, 0.25) is 0 Å². The van der Waals surface area contributed by atoms with E-state index in [0.29, 0.717) is 36.7 Å². The lowest BCUT2D eigenvalue weighted by atomic mass is 9.98. The van der Waals surface area contributed by atoms with Crippen molar-refractivity contribution in [2.45, 2.75) is 77.5 Å². The molecule has 212 valence electrons. The van der Waals surface area contributed by atoms with Gasteiger partial charge in [0, 0.05) is 32.1 Å². The number of anilines is 1. The first kappa shape index (κ1) is 30.3. The maximum Gasteiger partial charge on any atom is 0.328 e. The number of aromatic nitrogens is 2. The number of Topliss-reactive ketones (excluding diaryl/α,β-unsaturated/α-hetero) is 1. The molecule has 2 aromatic rings. The number of ketones is 1. The Bertz CT molecular complexity index is 1200. The molecule has 0 fully saturated rings. The number of allylic oxidation sites excluding steroid dienone is 1. The van der Waals surface area contributed by atoms with E-state index >= 15 is 0 Å². The van der Waals surface area contributed by atoms with E-state index < -0.39 is 20.0 Å². The molecule has 0 radical (unpaired) electrons. The fourth-order valence-corrected chi connectivity index (χ4v) is 5.08. The minimum atomic E-state index is -1.25. The second kappa shape index (κ2) is 13.7. The Kier molecular flexibility index (Phi) is 10.6. The summed E-state index contributed by atoms with van der Waals surface area (Å²) >= 11 is 0. The summed E-state index contributed by atoms with van der Waals surface area (Å²) in [6.45, 7) is 11.4. The van der Waals surface area contributed by atoms with Gasteiger partial charge in [-0.05, 0) is 44.4 Å². The summed E-state index contributed by atoms with van der Waals surface area (Å²) in [6.07, 6.45) is 6.62. The number of ether oxygens (including phenoxy) is 3. The van der Waals surface area contributed by atoms with Crippen LogP contribution in [0.5, 0.6) is 0 Å². The molecular weight excluding hydrogens is 514 g/mol. The van der Waals surface area contributed by atoms with Crippen LogP contribution < -0.4 is 5.32 Å². The number of imidazole rings is 1. The highest BCUT2D eigenvalue weighted by Gasteiger charge is 2.26. The second-order valence-corrected chi connectivity index (χ2v) is 16.6. The zero-order valence-corrected chi connectivity index (χ0v) is 24.9. The van der Waals surface area contributed by atoms with Crippen LogP contribution in [0.25, 0.3) is 11.3 Å². The Morgan fingerprint density at radius 1 is 1.15 bits per heavy atom. The summed E-state index contributed by atoms with van der Waals surface area (Å²) in [5.74, 6) is -0.549. The maximum atomic E-state index is 12.8. The second-order valence-electron chi connectivity index (χ2n) is 11.0. The minimum Gasteiger partial charge on any atom is -0.469 e. The summed E-state index contributed by atoms with van der Waals surface area (Å²) < 4.78 is 18.1. The molecule has 1 N–H and O–H groups in total. The third kappa shape index (κ3) is 8.63. The van der Waals surface area contributed by atoms with Crippen LogP contribution in [0.2, 0.25) is 25.7 Å². The Morgan fingerprint density at radius 2 is 1.90 bits per heavy atom. The van der Waals surface area contributed by atoms with E-state index in [-0.39, 0.29) is 37.5 Å². The average Bonchev–Trinajstić information content (AvgIpc) is 3.28. The van der Waals surface area contributed by atoms with Crippen molar-refractivity contribution in [1.29, 1.82) is 0 Å². The molecule has 0 amide bonds. The molecular formula is C29H41N3O6Si. The fourth-order valence-electron chi connectivity index (χ4n) is 4.33. The molecule has 39 heavy (non-hydrogen) atoms. The SMILES string of the molecule is CCOC(=O)C1C/C=C/CC(C(C)=O)c2nc(cn2COCC[Si](C)(C)C)-c2ccc(CC(=O)OC)cc2N1. The van der Waals surface area contributed by atoms with E-state index in [9.17, 15) is 14.4 Å². The van der Waals surface area contributed by atoms with Gasteiger partial charge in [-0.1, -0.05) is 43.9 Å². The lowest BCUT2D eigenvalue weighted by Gasteiger charge is -2.20. The number of nitrogens with zero attached hydrogens (tertiary/aromatic N) is 2. The Balaban J connectivity index is 2.09. The number of fused-ring (bicyclic) bond motifs is 4. The standard InChI is InChI=1S/C29H41N3O6Si/c1-7-38-29(35)24-11-9-8-10-22(20(2)33)28-31-26(18-32(28)19-37-14-15-39(4,5)6)23-13-12-21(16-25(23)30-24)17-27(34)36-3/h8-9,12-13,16,18,22,24,30H,7,10-11,14-15,17,19H2,1-6H3/b9-8+. The molecule has 0 saturated heterocycles. The van der Waals surface area contributed by atoms with Crippen molar-refractivity contribution in [2.75, 3.05) is 25.6 Å². The first-order valence-corrected chi connectivity index (χ1v) is 17.2. The topological polar surface area (TPSA) is 109 Å². The van der Waals surface area contributed by atoms with E-state index in [1.807, 2.05) is 41.1 Å². The summed E-state index contributed by atoms with van der Waals surface area (Å²) in [7, 11) is 0.0967. The van der Waals surface area contributed by atoms with Crippen molar-refractivity contribution in [3.8, 4) is 11.3 Å². The lowest BCUT2D eigenvalue weighted by Crippen LogP contribution is -2.31. The van der Waals surface area contributed by atoms with E-state index in [1.54, 1.807) is 13.8 Å². The Labute approximate surface area is 231 Å². The van der Waals surface area contributed by atoms with E-state index in [0.717, 1.165) is 17.2 Å². The van der Waals surface area contributed by atoms with Crippen LogP contribution in [0.3, 0.4) is 0 Å². The number of benzene rings is 1. The molecule has 0 spiro atoms. The number of hydrogen-bond donors (Lipinski definition) is 1. The monoisotopic (exact) mass is 555 g/mol. The fraction of sp³-hybridized carbons (Fsp3) is 0.517. The molecule has 1 aliphatic heterocycles. The van der Waals surface area contributed by atoms with Crippen LogP contribution in [0, 0.1) is 0 Å². The predicted molar refractivity (Wildman–Crippen MR) is 153 cm³/mol. The van der Waals surface area contributed by atoms with E-state index in [2.05, 4.69) is 25.0 Å². The molecule has 10 heteroatoms. The number of carbonyl (C=O) groups is 3. The highest BCUT2D eigenvalue weighted by atomic mass is 28.3. The van der Waals surface area contributed by atoms with Gasteiger partial charge >= 0.3 is 11.9 Å². The van der Waals surface area contributed by atoms with Crippen molar-refractivity contribution in [3.05, 3.63) is 47.9 Å². The Hall–Kier alpha value is -3.24. The van der Waals surface area contributed by atoms with Gasteiger partial charge in [0.15, 0.2) is 0 Å². The van der Waals surface area contributed by atoms with Crippen LogP contribution >= 0.6 is 0 Å². The molecule has 0 saturated carbocycles. The number of esters is 2. The molecule has 1 aromatic carbocycles. The van der Waals surface area contributed by atoms with Gasteiger partial charge in [0.1, 0.15) is 24.4 Å². The molecule has 2 bridgehead atoms. The first-order chi connectivity index (χ1) is 18.5. The third-order valence-electron chi connectivity index (χ3n) is 6.58. The molecule has 2 heterocycles. The van der Waals surface area contributed by atoms with Crippen LogP contribution in [0.15, 0.2) is 36.5 Å². The van der Waals surface area contributed by atoms with E-state index in [4.69, 9.17) is 19.2 Å². The molecule has 3 rings (SSSR count). The van der Waals surface area contributed by atoms with E-state index in [1.165, 1.54) is 7.11 Å². The van der Waals surface area contributed by atoms with Crippen molar-refractivity contribution in [1.82, 2.24) is 9.55 Å². The summed E-state index contributed by atoms with van der Waals surface area (Å²) in [5.41, 5.74) is 2.75.